The average molecular weight is 825 g/mol. The molecule has 326 valence electrons. The Kier molecular flexibility index (Phi) is 16.4. The number of amides is 2. The molecule has 58 heavy (non-hydrogen) atoms. The van der Waals surface area contributed by atoms with Gasteiger partial charge in [0.1, 0.15) is 42.2 Å². The van der Waals surface area contributed by atoms with Gasteiger partial charge >= 0.3 is 12.1 Å². The molecule has 0 bridgehead atoms. The molecule has 4 rings (SSSR count). The molecule has 3 aliphatic rings. The Bertz CT molecular complexity index is 1590. The van der Waals surface area contributed by atoms with Gasteiger partial charge in [-0.3, -0.25) is 19.7 Å². The van der Waals surface area contributed by atoms with Crippen LogP contribution in [0.3, 0.4) is 0 Å². The minimum Gasteiger partial charge on any atom is -0.467 e. The van der Waals surface area contributed by atoms with Gasteiger partial charge in [-0.15, -0.1) is 0 Å². The monoisotopic (exact) mass is 824 g/mol. The molecule has 2 fully saturated rings. The number of non-ortho nitro benzene ring substituents is 1. The number of likely N-dealkylation sites (N-methyl/N-ethyl adjacent to an activating group) is 1. The molecule has 2 heterocycles. The Hall–Kier alpha value is -3.95. The zero-order chi connectivity index (χ0) is 42.9. The fraction of sp³-hybridized carbons (Fsp3) is 0.718. The number of hydrogen-bond acceptors (Lipinski definition) is 16. The number of aliphatic hydroxyl groups excluding tert-OH is 3. The molecule has 7 N–H and O–H groups in total. The summed E-state index contributed by atoms with van der Waals surface area (Å²) in [6.45, 7) is 9.90. The highest BCUT2D eigenvalue weighted by atomic mass is 16.7. The number of benzene rings is 1. The molecule has 19 nitrogen and oxygen atoms in total. The zero-order valence-electron chi connectivity index (χ0n) is 34.1. The molecule has 0 aromatic heterocycles. The minimum absolute atomic E-state index is 0.0883. The summed E-state index contributed by atoms with van der Waals surface area (Å²) in [5.74, 6) is -1.36. The van der Waals surface area contributed by atoms with E-state index in [0.717, 1.165) is 0 Å². The van der Waals surface area contributed by atoms with Crippen molar-refractivity contribution in [3.63, 3.8) is 0 Å². The maximum Gasteiger partial charge on any atom is 0.408 e. The first-order valence-electron chi connectivity index (χ1n) is 19.6. The van der Waals surface area contributed by atoms with E-state index in [1.54, 1.807) is 40.8 Å². The standard InChI is InChI=1S/C39H60N4O15/c1-8-9-27(44)34(48)41-26-18-21(2)31(29(46)32(26)57-36-30(47)33(40-7)39(6,50)20-54-36)56-35-25(42-37(49)58-38(3,4)5)16-14-24(55-35)15-17-28(45)53-19-22-10-12-23(13-11-22)43(51)52/h10-14,21,25-27,29-33,35-36,40,44,46-47,50H,8-9,15-20H2,1-7H3,(H,41,48)(H,42,49)/t21-,25+,26+,27-,29-,30+,31+,32-,33+,35+,36+,39-/m0/s1. The summed E-state index contributed by atoms with van der Waals surface area (Å²) in [6.07, 6.45) is -7.05. The molecule has 2 amide bonds. The number of carbonyl (C=O) groups is 3. The van der Waals surface area contributed by atoms with Crippen LogP contribution in [0, 0.1) is 16.0 Å². The molecular weight excluding hydrogens is 764 g/mol. The van der Waals surface area contributed by atoms with Crippen molar-refractivity contribution in [2.45, 2.75) is 159 Å². The van der Waals surface area contributed by atoms with Crippen LogP contribution in [-0.2, 0) is 44.6 Å². The Balaban J connectivity index is 1.52. The summed E-state index contributed by atoms with van der Waals surface area (Å²) in [4.78, 5) is 49.1. The summed E-state index contributed by atoms with van der Waals surface area (Å²) < 4.78 is 35.5. The van der Waals surface area contributed by atoms with E-state index >= 15 is 0 Å². The number of ether oxygens (including phenoxy) is 6. The van der Waals surface area contributed by atoms with E-state index in [1.165, 1.54) is 31.2 Å². The van der Waals surface area contributed by atoms with Gasteiger partial charge in [-0.25, -0.2) is 4.79 Å². The highest BCUT2D eigenvalue weighted by molar-refractivity contribution is 5.80. The lowest BCUT2D eigenvalue weighted by Crippen LogP contribution is -2.68. The molecule has 1 aromatic rings. The van der Waals surface area contributed by atoms with E-state index in [2.05, 4.69) is 16.0 Å². The number of nitro groups is 1. The summed E-state index contributed by atoms with van der Waals surface area (Å²) in [5, 5.41) is 63.8. The maximum atomic E-state index is 13.0. The lowest BCUT2D eigenvalue weighted by atomic mass is 9.79. The van der Waals surface area contributed by atoms with Crippen molar-refractivity contribution < 1.29 is 68.2 Å². The minimum atomic E-state index is -1.50. The molecular formula is C39H60N4O15. The molecule has 0 spiro atoms. The van der Waals surface area contributed by atoms with Crippen molar-refractivity contribution in [2.24, 2.45) is 5.92 Å². The molecule has 0 unspecified atom stereocenters. The lowest BCUT2D eigenvalue weighted by molar-refractivity contribution is -0.384. The second kappa shape index (κ2) is 20.3. The quantitative estimate of drug-likeness (QED) is 0.0712. The Morgan fingerprint density at radius 2 is 1.72 bits per heavy atom. The smallest absolute Gasteiger partial charge is 0.408 e. The van der Waals surface area contributed by atoms with Crippen LogP contribution in [0.15, 0.2) is 36.1 Å². The number of carbonyl (C=O) groups excluding carboxylic acids is 3. The Morgan fingerprint density at radius 1 is 1.05 bits per heavy atom. The van der Waals surface area contributed by atoms with Crippen LogP contribution >= 0.6 is 0 Å². The normalized spacial score (nSPS) is 31.9. The highest BCUT2D eigenvalue weighted by Gasteiger charge is 2.52. The third kappa shape index (κ3) is 12.8. The van der Waals surface area contributed by atoms with Gasteiger partial charge in [0.05, 0.1) is 47.9 Å². The van der Waals surface area contributed by atoms with Gasteiger partial charge in [0.15, 0.2) is 6.29 Å². The molecule has 1 saturated heterocycles. The summed E-state index contributed by atoms with van der Waals surface area (Å²) in [6, 6.07) is 3.03. The second-order valence-electron chi connectivity index (χ2n) is 16.3. The van der Waals surface area contributed by atoms with E-state index in [-0.39, 0.29) is 51.0 Å². The zero-order valence-corrected chi connectivity index (χ0v) is 34.1. The highest BCUT2D eigenvalue weighted by Crippen LogP contribution is 2.36. The first-order valence-corrected chi connectivity index (χ1v) is 19.6. The Morgan fingerprint density at radius 3 is 2.34 bits per heavy atom. The van der Waals surface area contributed by atoms with Crippen molar-refractivity contribution in [3.05, 3.63) is 51.8 Å². The number of rotatable bonds is 16. The van der Waals surface area contributed by atoms with Crippen molar-refractivity contribution in [1.29, 1.82) is 0 Å². The van der Waals surface area contributed by atoms with Gasteiger partial charge in [0.2, 0.25) is 12.2 Å². The van der Waals surface area contributed by atoms with Crippen LogP contribution in [0.1, 0.15) is 85.6 Å². The number of aliphatic hydroxyl groups is 4. The van der Waals surface area contributed by atoms with Gasteiger partial charge in [-0.05, 0) is 83.7 Å². The van der Waals surface area contributed by atoms with Crippen LogP contribution in [0.5, 0.6) is 0 Å². The summed E-state index contributed by atoms with van der Waals surface area (Å²) in [5.41, 5.74) is -1.80. The fourth-order valence-electron chi connectivity index (χ4n) is 7.21. The molecule has 1 saturated carbocycles. The number of esters is 1. The Labute approximate surface area is 337 Å². The number of hydrogen-bond donors (Lipinski definition) is 7. The second-order valence-corrected chi connectivity index (χ2v) is 16.3. The molecule has 19 heteroatoms. The van der Waals surface area contributed by atoms with Gasteiger partial charge < -0.3 is 64.8 Å². The maximum absolute atomic E-state index is 13.0. The number of nitrogens with one attached hydrogen (secondary N) is 3. The number of alkyl carbamates (subject to hydrolysis) is 1. The van der Waals surface area contributed by atoms with Gasteiger partial charge in [-0.1, -0.05) is 20.3 Å². The summed E-state index contributed by atoms with van der Waals surface area (Å²) in [7, 11) is 1.56. The molecule has 2 aliphatic heterocycles. The van der Waals surface area contributed by atoms with E-state index < -0.39 is 101 Å². The lowest BCUT2D eigenvalue weighted by Gasteiger charge is -2.49. The molecule has 1 aliphatic carbocycles. The van der Waals surface area contributed by atoms with Crippen LogP contribution < -0.4 is 16.0 Å². The molecule has 12 atom stereocenters. The van der Waals surface area contributed by atoms with Gasteiger partial charge in [0.25, 0.3) is 5.69 Å². The first-order chi connectivity index (χ1) is 27.2. The van der Waals surface area contributed by atoms with Crippen molar-refractivity contribution >= 4 is 23.7 Å². The number of nitrogens with zero attached hydrogens (tertiary/aromatic N) is 1. The predicted molar refractivity (Wildman–Crippen MR) is 204 cm³/mol. The number of allylic oxidation sites excluding steroid dienone is 1. The van der Waals surface area contributed by atoms with E-state index in [9.17, 15) is 44.9 Å². The van der Waals surface area contributed by atoms with Crippen LogP contribution in [-0.4, -0.2) is 129 Å². The van der Waals surface area contributed by atoms with E-state index in [0.29, 0.717) is 17.7 Å². The van der Waals surface area contributed by atoms with Crippen LogP contribution in [0.4, 0.5) is 10.5 Å². The van der Waals surface area contributed by atoms with E-state index in [1.807, 2.05) is 6.92 Å². The van der Waals surface area contributed by atoms with Crippen molar-refractivity contribution in [3.8, 4) is 0 Å². The van der Waals surface area contributed by atoms with E-state index in [4.69, 9.17) is 28.4 Å². The van der Waals surface area contributed by atoms with Crippen LogP contribution in [0.2, 0.25) is 0 Å². The van der Waals surface area contributed by atoms with Crippen molar-refractivity contribution in [2.75, 3.05) is 13.7 Å². The predicted octanol–water partition coefficient (Wildman–Crippen LogP) is 1.81. The molecule has 1 aromatic carbocycles. The SMILES string of the molecule is CCC[C@H](O)C(=O)N[C@@H]1C[C@H](C)[C@@H](O[C@H]2OC(CCC(=O)OCc3ccc([N+](=O)[O-])cc3)=CC[C@H]2NC(=O)OC(C)(C)C)[C@H](O)[C@H]1O[C@H]1OC[C@](C)(O)[C@H](NC)[C@H]1O. The van der Waals surface area contributed by atoms with Crippen LogP contribution in [0.25, 0.3) is 0 Å². The average Bonchev–Trinajstić information content (AvgIpc) is 3.14. The summed E-state index contributed by atoms with van der Waals surface area (Å²) >= 11 is 0. The van der Waals surface area contributed by atoms with Crippen molar-refractivity contribution in [1.82, 2.24) is 16.0 Å². The topological polar surface area (TPSA) is 267 Å². The first kappa shape index (κ1) is 46.7. The largest absolute Gasteiger partial charge is 0.467 e. The van der Waals surface area contributed by atoms with Gasteiger partial charge in [0, 0.05) is 18.6 Å². The van der Waals surface area contributed by atoms with Gasteiger partial charge in [-0.2, -0.15) is 0 Å². The molecule has 0 radical (unpaired) electrons. The third-order valence-electron chi connectivity index (χ3n) is 10.2. The fourth-order valence-corrected chi connectivity index (χ4v) is 7.21. The number of nitro benzene ring substituents is 1. The third-order valence-corrected chi connectivity index (χ3v) is 10.2.